The Morgan fingerprint density at radius 3 is 2.36 bits per heavy atom. The molecule has 0 aromatic heterocycles. The smallest absolute Gasteiger partial charge is 0.0692 e. The maximum Gasteiger partial charge on any atom is 0.0692 e. The zero-order valence-electron chi connectivity index (χ0n) is 7.72. The predicted molar refractivity (Wildman–Crippen MR) is 45.9 cm³/mol. The van der Waals surface area contributed by atoms with Crippen LogP contribution in [-0.4, -0.2) is 0 Å². The second kappa shape index (κ2) is 2.85. The molecule has 0 aliphatic heterocycles. The van der Waals surface area contributed by atoms with Gasteiger partial charge < -0.3 is 0 Å². The van der Waals surface area contributed by atoms with Gasteiger partial charge in [0.2, 0.25) is 0 Å². The van der Waals surface area contributed by atoms with Crippen LogP contribution in [0.15, 0.2) is 0 Å². The summed E-state index contributed by atoms with van der Waals surface area (Å²) in [7, 11) is 0. The van der Waals surface area contributed by atoms with Crippen LogP contribution in [0.4, 0.5) is 0 Å². The third kappa shape index (κ3) is 1.40. The quantitative estimate of drug-likeness (QED) is 0.565. The highest BCUT2D eigenvalue weighted by Crippen LogP contribution is 2.46. The van der Waals surface area contributed by atoms with E-state index in [0.717, 1.165) is 18.8 Å². The first kappa shape index (κ1) is 8.59. The number of nitriles is 1. The Morgan fingerprint density at radius 1 is 1.55 bits per heavy atom. The third-order valence-corrected chi connectivity index (χ3v) is 3.12. The first-order chi connectivity index (χ1) is 5.10. The molecule has 1 aliphatic carbocycles. The summed E-state index contributed by atoms with van der Waals surface area (Å²) >= 11 is 0. The van der Waals surface area contributed by atoms with Gasteiger partial charge >= 0.3 is 0 Å². The molecular formula is C10H17N. The standard InChI is InChI=1S/C10H17N/c1-8(2)10(7-11)5-4-9(3)6-10/h8-9H,4-6H2,1-3H3. The van der Waals surface area contributed by atoms with Gasteiger partial charge in [-0.05, 0) is 31.1 Å². The van der Waals surface area contributed by atoms with Crippen molar-refractivity contribution >= 4 is 0 Å². The Kier molecular flexibility index (Phi) is 2.23. The number of nitrogens with zero attached hydrogens (tertiary/aromatic N) is 1. The highest BCUT2D eigenvalue weighted by atomic mass is 14.5. The minimum absolute atomic E-state index is 0.0133. The monoisotopic (exact) mass is 151 g/mol. The minimum Gasteiger partial charge on any atom is -0.198 e. The van der Waals surface area contributed by atoms with Crippen LogP contribution in [0.1, 0.15) is 40.0 Å². The predicted octanol–water partition coefficient (Wildman–Crippen LogP) is 2.97. The molecule has 62 valence electrons. The van der Waals surface area contributed by atoms with E-state index in [1.807, 2.05) is 0 Å². The minimum atomic E-state index is 0.0133. The Labute approximate surface area is 69.4 Å². The molecule has 1 rings (SSSR count). The zero-order valence-corrected chi connectivity index (χ0v) is 7.72. The molecule has 0 bridgehead atoms. The molecular weight excluding hydrogens is 134 g/mol. The summed E-state index contributed by atoms with van der Waals surface area (Å²) in [4.78, 5) is 0. The first-order valence-corrected chi connectivity index (χ1v) is 4.52. The fourth-order valence-corrected chi connectivity index (χ4v) is 2.08. The molecule has 0 saturated heterocycles. The van der Waals surface area contributed by atoms with Gasteiger partial charge in [0.1, 0.15) is 0 Å². The number of rotatable bonds is 1. The number of hydrogen-bond acceptors (Lipinski definition) is 1. The van der Waals surface area contributed by atoms with Crippen LogP contribution in [0, 0.1) is 28.6 Å². The lowest BCUT2D eigenvalue weighted by atomic mass is 9.77. The van der Waals surface area contributed by atoms with Gasteiger partial charge in [-0.1, -0.05) is 20.8 Å². The molecule has 0 aromatic carbocycles. The molecule has 0 heterocycles. The zero-order chi connectivity index (χ0) is 8.48. The Morgan fingerprint density at radius 2 is 2.18 bits per heavy atom. The van der Waals surface area contributed by atoms with E-state index in [2.05, 4.69) is 26.8 Å². The van der Waals surface area contributed by atoms with Gasteiger partial charge in [0.05, 0.1) is 11.5 Å². The fraction of sp³-hybridized carbons (Fsp3) is 0.900. The average Bonchev–Trinajstić information content (AvgIpc) is 2.33. The van der Waals surface area contributed by atoms with Gasteiger partial charge in [0.25, 0.3) is 0 Å². The van der Waals surface area contributed by atoms with Gasteiger partial charge in [0, 0.05) is 0 Å². The first-order valence-electron chi connectivity index (χ1n) is 4.52. The van der Waals surface area contributed by atoms with E-state index in [-0.39, 0.29) is 5.41 Å². The van der Waals surface area contributed by atoms with E-state index in [1.165, 1.54) is 6.42 Å². The van der Waals surface area contributed by atoms with Crippen LogP contribution in [0.3, 0.4) is 0 Å². The molecule has 1 aliphatic rings. The molecule has 2 atom stereocenters. The topological polar surface area (TPSA) is 23.8 Å². The van der Waals surface area contributed by atoms with Crippen molar-refractivity contribution in [3.05, 3.63) is 0 Å². The SMILES string of the molecule is CC1CCC(C#N)(C(C)C)C1. The van der Waals surface area contributed by atoms with E-state index in [0.29, 0.717) is 5.92 Å². The highest BCUT2D eigenvalue weighted by Gasteiger charge is 2.40. The number of hydrogen-bond donors (Lipinski definition) is 0. The van der Waals surface area contributed by atoms with Gasteiger partial charge in [-0.2, -0.15) is 5.26 Å². The van der Waals surface area contributed by atoms with E-state index >= 15 is 0 Å². The molecule has 1 heteroatoms. The van der Waals surface area contributed by atoms with Crippen molar-refractivity contribution in [1.29, 1.82) is 5.26 Å². The lowest BCUT2D eigenvalue weighted by molar-refractivity contribution is 0.277. The van der Waals surface area contributed by atoms with Crippen LogP contribution in [-0.2, 0) is 0 Å². The molecule has 0 amide bonds. The van der Waals surface area contributed by atoms with Crippen molar-refractivity contribution in [2.75, 3.05) is 0 Å². The molecule has 0 spiro atoms. The maximum absolute atomic E-state index is 9.05. The van der Waals surface area contributed by atoms with E-state index in [9.17, 15) is 0 Å². The molecule has 1 nitrogen and oxygen atoms in total. The van der Waals surface area contributed by atoms with Gasteiger partial charge in [-0.15, -0.1) is 0 Å². The molecule has 0 N–H and O–H groups in total. The summed E-state index contributed by atoms with van der Waals surface area (Å²) in [5.74, 6) is 1.29. The lowest BCUT2D eigenvalue weighted by Crippen LogP contribution is -2.21. The van der Waals surface area contributed by atoms with E-state index < -0.39 is 0 Å². The molecule has 2 unspecified atom stereocenters. The average molecular weight is 151 g/mol. The van der Waals surface area contributed by atoms with Crippen molar-refractivity contribution in [1.82, 2.24) is 0 Å². The molecule has 1 saturated carbocycles. The molecule has 0 radical (unpaired) electrons. The van der Waals surface area contributed by atoms with Gasteiger partial charge in [0.15, 0.2) is 0 Å². The molecule has 0 aromatic rings. The Balaban J connectivity index is 2.73. The van der Waals surface area contributed by atoms with Crippen LogP contribution in [0.2, 0.25) is 0 Å². The van der Waals surface area contributed by atoms with E-state index in [1.54, 1.807) is 0 Å². The van der Waals surface area contributed by atoms with Crippen molar-refractivity contribution in [2.24, 2.45) is 17.3 Å². The molecule has 1 fully saturated rings. The summed E-state index contributed by atoms with van der Waals surface area (Å²) in [6.07, 6.45) is 3.47. The van der Waals surface area contributed by atoms with Crippen molar-refractivity contribution in [3.63, 3.8) is 0 Å². The van der Waals surface area contributed by atoms with Crippen molar-refractivity contribution in [3.8, 4) is 6.07 Å². The summed E-state index contributed by atoms with van der Waals surface area (Å²) in [5, 5.41) is 9.05. The normalized spacial score (nSPS) is 37.5. The Hall–Kier alpha value is -0.510. The summed E-state index contributed by atoms with van der Waals surface area (Å²) in [6, 6.07) is 2.51. The van der Waals surface area contributed by atoms with Crippen molar-refractivity contribution in [2.45, 2.75) is 40.0 Å². The second-order valence-corrected chi connectivity index (χ2v) is 4.27. The largest absolute Gasteiger partial charge is 0.198 e. The highest BCUT2D eigenvalue weighted by molar-refractivity contribution is 5.05. The Bertz CT molecular complexity index is 178. The summed E-state index contributed by atoms with van der Waals surface area (Å²) < 4.78 is 0. The fourth-order valence-electron chi connectivity index (χ4n) is 2.08. The van der Waals surface area contributed by atoms with Crippen molar-refractivity contribution < 1.29 is 0 Å². The second-order valence-electron chi connectivity index (χ2n) is 4.27. The summed E-state index contributed by atoms with van der Waals surface area (Å²) in [5.41, 5.74) is 0.0133. The van der Waals surface area contributed by atoms with Crippen LogP contribution >= 0.6 is 0 Å². The van der Waals surface area contributed by atoms with Gasteiger partial charge in [-0.25, -0.2) is 0 Å². The third-order valence-electron chi connectivity index (χ3n) is 3.12. The lowest BCUT2D eigenvalue weighted by Gasteiger charge is -2.24. The van der Waals surface area contributed by atoms with Gasteiger partial charge in [-0.3, -0.25) is 0 Å². The summed E-state index contributed by atoms with van der Waals surface area (Å²) in [6.45, 7) is 6.59. The molecule has 11 heavy (non-hydrogen) atoms. The van der Waals surface area contributed by atoms with Crippen LogP contribution < -0.4 is 0 Å². The van der Waals surface area contributed by atoms with Crippen LogP contribution in [0.5, 0.6) is 0 Å². The maximum atomic E-state index is 9.05. The van der Waals surface area contributed by atoms with E-state index in [4.69, 9.17) is 5.26 Å². The van der Waals surface area contributed by atoms with Crippen LogP contribution in [0.25, 0.3) is 0 Å².